The van der Waals surface area contributed by atoms with Gasteiger partial charge in [-0.2, -0.15) is 10.2 Å². The van der Waals surface area contributed by atoms with Crippen LogP contribution in [-0.2, 0) is 5.54 Å². The number of rotatable bonds is 2. The summed E-state index contributed by atoms with van der Waals surface area (Å²) in [4.78, 5) is 2.46. The number of nitrogens with zero attached hydrogens (tertiary/aromatic N) is 2. The van der Waals surface area contributed by atoms with Gasteiger partial charge in [0.25, 0.3) is 0 Å². The van der Waals surface area contributed by atoms with Crippen LogP contribution in [0.4, 0.5) is 0 Å². The van der Waals surface area contributed by atoms with Crippen LogP contribution < -0.4 is 0 Å². The van der Waals surface area contributed by atoms with Gasteiger partial charge in [0.1, 0.15) is 0 Å². The Balaban J connectivity index is 2.21. The standard InChI is InChI=1S/C12H10N2S2/c1-9-8-12(14-13-9,10-4-2-6-15-10)11-5-3-7-16-11/h2-8H,1H3. The fourth-order valence-corrected chi connectivity index (χ4v) is 3.64. The predicted octanol–water partition coefficient (Wildman–Crippen LogP) is 4.42. The molecule has 0 aliphatic carbocycles. The van der Waals surface area contributed by atoms with Crippen molar-refractivity contribution < 1.29 is 0 Å². The van der Waals surface area contributed by atoms with Gasteiger partial charge in [0.2, 0.25) is 0 Å². The van der Waals surface area contributed by atoms with Crippen LogP contribution in [0.15, 0.2) is 57.0 Å². The fraction of sp³-hybridized carbons (Fsp3) is 0.167. The number of thiophene rings is 2. The Morgan fingerprint density at radius 1 is 1.06 bits per heavy atom. The van der Waals surface area contributed by atoms with Gasteiger partial charge in [-0.25, -0.2) is 0 Å². The molecule has 2 aromatic heterocycles. The van der Waals surface area contributed by atoms with E-state index in [4.69, 9.17) is 0 Å². The van der Waals surface area contributed by atoms with Crippen LogP contribution in [0.3, 0.4) is 0 Å². The highest BCUT2D eigenvalue weighted by atomic mass is 32.1. The second-order valence-electron chi connectivity index (χ2n) is 3.71. The Kier molecular flexibility index (Phi) is 2.26. The molecule has 0 spiro atoms. The molecule has 4 heteroatoms. The first-order valence-electron chi connectivity index (χ1n) is 5.01. The summed E-state index contributed by atoms with van der Waals surface area (Å²) in [6.45, 7) is 1.99. The van der Waals surface area contributed by atoms with E-state index < -0.39 is 0 Å². The number of hydrogen-bond donors (Lipinski definition) is 0. The van der Waals surface area contributed by atoms with Crippen LogP contribution in [0.2, 0.25) is 0 Å². The van der Waals surface area contributed by atoms with Crippen molar-refractivity contribution in [1.29, 1.82) is 0 Å². The maximum Gasteiger partial charge on any atom is 0.170 e. The first-order valence-corrected chi connectivity index (χ1v) is 6.77. The van der Waals surface area contributed by atoms with Gasteiger partial charge in [0.05, 0.1) is 5.70 Å². The third kappa shape index (κ3) is 1.37. The molecule has 0 unspecified atom stereocenters. The zero-order valence-electron chi connectivity index (χ0n) is 8.75. The van der Waals surface area contributed by atoms with E-state index in [1.807, 2.05) is 6.92 Å². The third-order valence-electron chi connectivity index (χ3n) is 2.58. The molecule has 0 amide bonds. The first kappa shape index (κ1) is 9.93. The molecule has 2 aromatic rings. The molecule has 0 radical (unpaired) electrons. The van der Waals surface area contributed by atoms with E-state index in [9.17, 15) is 0 Å². The Labute approximate surface area is 102 Å². The lowest BCUT2D eigenvalue weighted by molar-refractivity contribution is 0.700. The molecule has 0 atom stereocenters. The zero-order chi connectivity index (χ0) is 11.0. The monoisotopic (exact) mass is 246 g/mol. The van der Waals surface area contributed by atoms with Gasteiger partial charge in [-0.1, -0.05) is 12.1 Å². The van der Waals surface area contributed by atoms with Crippen molar-refractivity contribution in [3.8, 4) is 0 Å². The topological polar surface area (TPSA) is 24.7 Å². The van der Waals surface area contributed by atoms with Gasteiger partial charge >= 0.3 is 0 Å². The molecule has 0 bridgehead atoms. The molecular formula is C12H10N2S2. The van der Waals surface area contributed by atoms with Crippen molar-refractivity contribution >= 4 is 22.7 Å². The van der Waals surface area contributed by atoms with Crippen molar-refractivity contribution in [2.75, 3.05) is 0 Å². The van der Waals surface area contributed by atoms with Crippen molar-refractivity contribution in [2.45, 2.75) is 12.5 Å². The van der Waals surface area contributed by atoms with Gasteiger partial charge in [0, 0.05) is 9.75 Å². The summed E-state index contributed by atoms with van der Waals surface area (Å²) in [5.74, 6) is 0. The molecule has 1 aliphatic heterocycles. The average Bonchev–Trinajstić information content (AvgIpc) is 2.99. The molecule has 1 aliphatic rings. The van der Waals surface area contributed by atoms with Crippen molar-refractivity contribution in [3.63, 3.8) is 0 Å². The second-order valence-corrected chi connectivity index (χ2v) is 5.60. The maximum absolute atomic E-state index is 4.49. The molecule has 0 N–H and O–H groups in total. The summed E-state index contributed by atoms with van der Waals surface area (Å²) in [7, 11) is 0. The molecular weight excluding hydrogens is 236 g/mol. The lowest BCUT2D eigenvalue weighted by Gasteiger charge is -2.19. The van der Waals surface area contributed by atoms with Gasteiger partial charge in [0.15, 0.2) is 5.54 Å². The molecule has 0 saturated carbocycles. The second kappa shape index (κ2) is 3.64. The first-order chi connectivity index (χ1) is 7.81. The lowest BCUT2D eigenvalue weighted by atomic mass is 9.96. The summed E-state index contributed by atoms with van der Waals surface area (Å²) in [5, 5.41) is 12.9. The summed E-state index contributed by atoms with van der Waals surface area (Å²) in [6.07, 6.45) is 2.14. The molecule has 0 aromatic carbocycles. The Morgan fingerprint density at radius 3 is 2.06 bits per heavy atom. The number of azo groups is 1. The van der Waals surface area contributed by atoms with Crippen LogP contribution >= 0.6 is 22.7 Å². The average molecular weight is 246 g/mol. The van der Waals surface area contributed by atoms with E-state index in [0.29, 0.717) is 0 Å². The molecule has 3 heterocycles. The number of allylic oxidation sites excluding steroid dienone is 1. The molecule has 2 nitrogen and oxygen atoms in total. The molecule has 16 heavy (non-hydrogen) atoms. The third-order valence-corrected chi connectivity index (χ3v) is 4.57. The van der Waals surface area contributed by atoms with E-state index in [2.05, 4.69) is 51.3 Å². The van der Waals surface area contributed by atoms with Crippen LogP contribution in [0, 0.1) is 0 Å². The van der Waals surface area contributed by atoms with Gasteiger partial charge in [-0.05, 0) is 35.9 Å². The van der Waals surface area contributed by atoms with Gasteiger partial charge in [-0.15, -0.1) is 22.7 Å². The minimum Gasteiger partial charge on any atom is -0.166 e. The zero-order valence-corrected chi connectivity index (χ0v) is 10.4. The van der Waals surface area contributed by atoms with Gasteiger partial charge < -0.3 is 0 Å². The van der Waals surface area contributed by atoms with Crippen molar-refractivity contribution in [1.82, 2.24) is 0 Å². The van der Waals surface area contributed by atoms with Crippen LogP contribution in [0.5, 0.6) is 0 Å². The molecule has 3 rings (SSSR count). The van der Waals surface area contributed by atoms with Crippen LogP contribution in [0.25, 0.3) is 0 Å². The minimum absolute atomic E-state index is 0.355. The Hall–Kier alpha value is -1.26. The maximum atomic E-state index is 4.49. The molecule has 0 saturated heterocycles. The van der Waals surface area contributed by atoms with E-state index in [1.54, 1.807) is 22.7 Å². The summed E-state index contributed by atoms with van der Waals surface area (Å²) >= 11 is 3.46. The highest BCUT2D eigenvalue weighted by molar-refractivity contribution is 7.11. The lowest BCUT2D eigenvalue weighted by Crippen LogP contribution is -2.17. The predicted molar refractivity (Wildman–Crippen MR) is 68.0 cm³/mol. The largest absolute Gasteiger partial charge is 0.170 e. The Morgan fingerprint density at radius 2 is 1.69 bits per heavy atom. The smallest absolute Gasteiger partial charge is 0.166 e. The quantitative estimate of drug-likeness (QED) is 0.749. The van der Waals surface area contributed by atoms with E-state index >= 15 is 0 Å². The summed E-state index contributed by atoms with van der Waals surface area (Å²) < 4.78 is 0. The normalized spacial score (nSPS) is 17.7. The SMILES string of the molecule is CC1=CC(c2cccs2)(c2cccs2)N=N1. The highest BCUT2D eigenvalue weighted by Gasteiger charge is 2.37. The fourth-order valence-electron chi connectivity index (χ4n) is 1.87. The molecule has 0 fully saturated rings. The van der Waals surface area contributed by atoms with Crippen molar-refractivity contribution in [3.05, 3.63) is 56.6 Å². The number of hydrogen-bond acceptors (Lipinski definition) is 4. The summed E-state index contributed by atoms with van der Waals surface area (Å²) in [6, 6.07) is 8.37. The van der Waals surface area contributed by atoms with E-state index in [0.717, 1.165) is 5.70 Å². The Bertz CT molecular complexity index is 501. The van der Waals surface area contributed by atoms with Crippen LogP contribution in [-0.4, -0.2) is 0 Å². The molecule has 80 valence electrons. The van der Waals surface area contributed by atoms with Crippen LogP contribution in [0.1, 0.15) is 16.7 Å². The van der Waals surface area contributed by atoms with Crippen molar-refractivity contribution in [2.24, 2.45) is 10.2 Å². The van der Waals surface area contributed by atoms with E-state index in [-0.39, 0.29) is 5.54 Å². The van der Waals surface area contributed by atoms with E-state index in [1.165, 1.54) is 9.75 Å². The highest BCUT2D eigenvalue weighted by Crippen LogP contribution is 2.44. The summed E-state index contributed by atoms with van der Waals surface area (Å²) in [5.41, 5.74) is 0.633. The minimum atomic E-state index is -0.355. The van der Waals surface area contributed by atoms with Gasteiger partial charge in [-0.3, -0.25) is 0 Å².